The molecule has 1 fully saturated rings. The van der Waals surface area contributed by atoms with E-state index in [1.54, 1.807) is 0 Å². The minimum Gasteiger partial charge on any atom is -0.491 e. The first-order chi connectivity index (χ1) is 17.0. The Labute approximate surface area is 209 Å². The number of nitrogens with zero attached hydrogens (tertiary/aromatic N) is 2. The smallest absolute Gasteiger partial charge is 0.249 e. The van der Waals surface area contributed by atoms with E-state index in [1.807, 2.05) is 6.07 Å². The molecule has 0 spiro atoms. The number of hydrogen-bond donors (Lipinski definition) is 1. The number of rotatable bonds is 12. The maximum Gasteiger partial charge on any atom is 0.249 e. The van der Waals surface area contributed by atoms with Crippen molar-refractivity contribution in [2.45, 2.75) is 77.9 Å². The third-order valence-corrected chi connectivity index (χ3v) is 6.70. The Kier molecular flexibility index (Phi) is 8.80. The average molecular weight is 478 g/mol. The molecule has 2 heterocycles. The molecule has 6 nitrogen and oxygen atoms in total. The zero-order valence-corrected chi connectivity index (χ0v) is 21.4. The maximum atomic E-state index is 12.1. The summed E-state index contributed by atoms with van der Waals surface area (Å²) < 4.78 is 14.0. The van der Waals surface area contributed by atoms with E-state index in [4.69, 9.17) is 14.5 Å². The van der Waals surface area contributed by atoms with Crippen LogP contribution in [0.25, 0.3) is 11.0 Å². The van der Waals surface area contributed by atoms with Gasteiger partial charge in [0.05, 0.1) is 17.6 Å². The number of unbranched alkanes of at least 4 members (excludes halogenated alkanes) is 2. The number of benzene rings is 2. The number of carbonyl (C=O) groups is 1. The van der Waals surface area contributed by atoms with Crippen LogP contribution >= 0.6 is 0 Å². The Hall–Kier alpha value is -2.86. The Morgan fingerprint density at radius 1 is 1.20 bits per heavy atom. The highest BCUT2D eigenvalue weighted by Gasteiger charge is 2.22. The summed E-state index contributed by atoms with van der Waals surface area (Å²) in [5.74, 6) is 2.55. The molecule has 1 aliphatic rings. The van der Waals surface area contributed by atoms with E-state index in [0.29, 0.717) is 25.7 Å². The molecule has 3 aromatic rings. The van der Waals surface area contributed by atoms with Crippen LogP contribution in [0.15, 0.2) is 42.5 Å². The van der Waals surface area contributed by atoms with Crippen molar-refractivity contribution in [3.05, 3.63) is 59.4 Å². The number of ether oxygens (including phenoxy) is 2. The van der Waals surface area contributed by atoms with Crippen molar-refractivity contribution in [1.82, 2.24) is 14.9 Å². The van der Waals surface area contributed by atoms with Crippen molar-refractivity contribution in [2.75, 3.05) is 19.8 Å². The number of amides is 1. The monoisotopic (exact) mass is 477 g/mol. The van der Waals surface area contributed by atoms with E-state index in [-0.39, 0.29) is 12.0 Å². The number of fused-ring (bicyclic) bond motifs is 1. The molecule has 0 aliphatic carbocycles. The molecule has 1 atom stereocenters. The van der Waals surface area contributed by atoms with Gasteiger partial charge in [0.15, 0.2) is 0 Å². The lowest BCUT2D eigenvalue weighted by Gasteiger charge is -2.16. The first-order valence-corrected chi connectivity index (χ1v) is 13.1. The summed E-state index contributed by atoms with van der Waals surface area (Å²) in [4.78, 5) is 17.0. The van der Waals surface area contributed by atoms with Gasteiger partial charge in [-0.3, -0.25) is 4.79 Å². The van der Waals surface area contributed by atoms with Crippen LogP contribution in [0.1, 0.15) is 68.8 Å². The van der Waals surface area contributed by atoms with Crippen LogP contribution in [-0.4, -0.2) is 41.3 Å². The maximum absolute atomic E-state index is 12.1. The molecule has 35 heavy (non-hydrogen) atoms. The van der Waals surface area contributed by atoms with Gasteiger partial charge in [-0.05, 0) is 67.9 Å². The number of nitrogens with one attached hydrogen (secondary N) is 1. The van der Waals surface area contributed by atoms with Crippen molar-refractivity contribution in [2.24, 2.45) is 0 Å². The summed E-state index contributed by atoms with van der Waals surface area (Å²) in [6.07, 6.45) is 5.54. The van der Waals surface area contributed by atoms with Gasteiger partial charge in [0.2, 0.25) is 5.91 Å². The third kappa shape index (κ3) is 6.63. The van der Waals surface area contributed by atoms with Crippen LogP contribution in [0.2, 0.25) is 0 Å². The Bertz CT molecular complexity index is 1120. The van der Waals surface area contributed by atoms with Crippen molar-refractivity contribution >= 4 is 16.9 Å². The molecule has 0 bridgehead atoms. The van der Waals surface area contributed by atoms with Gasteiger partial charge >= 0.3 is 0 Å². The SMILES string of the molecule is Cc1ccc(C(C)C)c(OCCn2c(CCCCCNC(=O)C3CCCO3)nc3ccccc32)c1. The molecule has 6 heteroatoms. The molecular weight excluding hydrogens is 438 g/mol. The summed E-state index contributed by atoms with van der Waals surface area (Å²) in [7, 11) is 0. The first-order valence-electron chi connectivity index (χ1n) is 13.1. The molecular formula is C29H39N3O3. The fourth-order valence-corrected chi connectivity index (χ4v) is 4.75. The molecule has 188 valence electrons. The second kappa shape index (κ2) is 12.2. The van der Waals surface area contributed by atoms with Crippen molar-refractivity contribution in [3.63, 3.8) is 0 Å². The van der Waals surface area contributed by atoms with E-state index in [1.165, 1.54) is 11.1 Å². The third-order valence-electron chi connectivity index (χ3n) is 6.70. The Balaban J connectivity index is 1.31. The predicted molar refractivity (Wildman–Crippen MR) is 140 cm³/mol. The summed E-state index contributed by atoms with van der Waals surface area (Å²) in [5, 5.41) is 3.01. The van der Waals surface area contributed by atoms with Gasteiger partial charge in [0.25, 0.3) is 0 Å². The van der Waals surface area contributed by atoms with Gasteiger partial charge in [0.1, 0.15) is 24.3 Å². The minimum atomic E-state index is -0.242. The van der Waals surface area contributed by atoms with Gasteiger partial charge in [0, 0.05) is 19.6 Å². The highest BCUT2D eigenvalue weighted by atomic mass is 16.5. The molecule has 1 unspecified atom stereocenters. The second-order valence-corrected chi connectivity index (χ2v) is 9.82. The molecule has 1 saturated heterocycles. The number of hydrogen-bond acceptors (Lipinski definition) is 4. The van der Waals surface area contributed by atoms with Gasteiger partial charge in [-0.15, -0.1) is 0 Å². The molecule has 1 amide bonds. The lowest BCUT2D eigenvalue weighted by Crippen LogP contribution is -2.34. The van der Waals surface area contributed by atoms with E-state index in [2.05, 4.69) is 67.1 Å². The van der Waals surface area contributed by atoms with E-state index < -0.39 is 0 Å². The summed E-state index contributed by atoms with van der Waals surface area (Å²) in [6.45, 7) is 9.28. The van der Waals surface area contributed by atoms with Gasteiger partial charge in [-0.2, -0.15) is 0 Å². The molecule has 2 aromatic carbocycles. The van der Waals surface area contributed by atoms with E-state index in [0.717, 1.165) is 67.7 Å². The molecule has 4 rings (SSSR count). The largest absolute Gasteiger partial charge is 0.491 e. The average Bonchev–Trinajstić information content (AvgIpc) is 3.50. The van der Waals surface area contributed by atoms with E-state index in [9.17, 15) is 4.79 Å². The molecule has 0 radical (unpaired) electrons. The number of aryl methyl sites for hydroxylation is 2. The lowest BCUT2D eigenvalue weighted by molar-refractivity contribution is -0.130. The fourth-order valence-electron chi connectivity index (χ4n) is 4.75. The van der Waals surface area contributed by atoms with Gasteiger partial charge in [-0.1, -0.05) is 44.5 Å². The van der Waals surface area contributed by atoms with Crippen LogP contribution in [0, 0.1) is 6.92 Å². The molecule has 1 aromatic heterocycles. The number of para-hydroxylation sites is 2. The van der Waals surface area contributed by atoms with Crippen molar-refractivity contribution in [1.29, 1.82) is 0 Å². The fraction of sp³-hybridized carbons (Fsp3) is 0.517. The van der Waals surface area contributed by atoms with E-state index >= 15 is 0 Å². The van der Waals surface area contributed by atoms with Crippen molar-refractivity contribution in [3.8, 4) is 5.75 Å². The first kappa shape index (κ1) is 25.2. The van der Waals surface area contributed by atoms with Crippen LogP contribution < -0.4 is 10.1 Å². The summed E-state index contributed by atoms with van der Waals surface area (Å²) in [6, 6.07) is 14.8. The molecule has 1 N–H and O–H groups in total. The standard InChI is InChI=1S/C29H39N3O3/c1-21(2)23-15-14-22(3)20-27(23)35-19-17-32-25-11-7-6-10-24(25)31-28(32)13-5-4-8-16-30-29(33)26-12-9-18-34-26/h6-7,10-11,14-15,20-21,26H,4-5,8-9,12-13,16-19H2,1-3H3,(H,30,33). The predicted octanol–water partition coefficient (Wildman–Crippen LogP) is 5.56. The summed E-state index contributed by atoms with van der Waals surface area (Å²) in [5.41, 5.74) is 4.65. The van der Waals surface area contributed by atoms with Crippen LogP contribution in [-0.2, 0) is 22.5 Å². The molecule has 1 aliphatic heterocycles. The van der Waals surface area contributed by atoms with Gasteiger partial charge < -0.3 is 19.4 Å². The second-order valence-electron chi connectivity index (χ2n) is 9.82. The summed E-state index contributed by atoms with van der Waals surface area (Å²) >= 11 is 0. The Morgan fingerprint density at radius 3 is 2.86 bits per heavy atom. The zero-order chi connectivity index (χ0) is 24.6. The van der Waals surface area contributed by atoms with Crippen LogP contribution in [0.3, 0.4) is 0 Å². The number of aromatic nitrogens is 2. The van der Waals surface area contributed by atoms with Crippen LogP contribution in [0.4, 0.5) is 0 Å². The highest BCUT2D eigenvalue weighted by molar-refractivity contribution is 5.80. The van der Waals surface area contributed by atoms with Crippen molar-refractivity contribution < 1.29 is 14.3 Å². The quantitative estimate of drug-likeness (QED) is 0.347. The Morgan fingerprint density at radius 2 is 2.06 bits per heavy atom. The lowest BCUT2D eigenvalue weighted by atomic mass is 10.0. The minimum absolute atomic E-state index is 0.0403. The zero-order valence-electron chi connectivity index (χ0n) is 21.4. The normalized spacial score (nSPS) is 15.7. The highest BCUT2D eigenvalue weighted by Crippen LogP contribution is 2.28. The topological polar surface area (TPSA) is 65.4 Å². The number of imidazole rings is 1. The number of carbonyl (C=O) groups excluding carboxylic acids is 1. The van der Waals surface area contributed by atoms with Gasteiger partial charge in [-0.25, -0.2) is 4.98 Å². The molecule has 0 saturated carbocycles. The van der Waals surface area contributed by atoms with Crippen LogP contribution in [0.5, 0.6) is 5.75 Å².